The summed E-state index contributed by atoms with van der Waals surface area (Å²) < 4.78 is 5.19. The van der Waals surface area contributed by atoms with Crippen LogP contribution in [0.2, 0.25) is 0 Å². The van der Waals surface area contributed by atoms with Gasteiger partial charge in [0.2, 0.25) is 0 Å². The largest absolute Gasteiger partial charge is 0.399 e. The van der Waals surface area contributed by atoms with Crippen molar-refractivity contribution in [1.29, 1.82) is 0 Å². The Morgan fingerprint density at radius 3 is 2.69 bits per heavy atom. The molecule has 1 aromatic heterocycles. The Hall–Kier alpha value is -1.84. The second-order valence-electron chi connectivity index (χ2n) is 3.74. The third kappa shape index (κ3) is 2.39. The molecule has 84 valence electrons. The Labute approximate surface area is 94.5 Å². The van der Waals surface area contributed by atoms with Crippen molar-refractivity contribution in [3.63, 3.8) is 0 Å². The molecule has 0 aliphatic carbocycles. The fourth-order valence-corrected chi connectivity index (χ4v) is 1.43. The van der Waals surface area contributed by atoms with Crippen molar-refractivity contribution in [3.8, 4) is 11.5 Å². The summed E-state index contributed by atoms with van der Waals surface area (Å²) >= 11 is 0. The predicted molar refractivity (Wildman–Crippen MR) is 62.8 cm³/mol. The molecule has 0 amide bonds. The Bertz CT molecular complexity index is 448. The maximum absolute atomic E-state index is 5.61. The molecule has 0 fully saturated rings. The van der Waals surface area contributed by atoms with Crippen molar-refractivity contribution < 1.29 is 4.52 Å². The van der Waals surface area contributed by atoms with E-state index in [1.807, 2.05) is 24.3 Å². The predicted octanol–water partition coefficient (Wildman–Crippen LogP) is 2.66. The molecule has 0 bridgehead atoms. The van der Waals surface area contributed by atoms with Gasteiger partial charge in [0, 0.05) is 17.7 Å². The first kappa shape index (κ1) is 10.7. The average Bonchev–Trinajstić information content (AvgIpc) is 2.76. The number of aryl methyl sites for hydroxylation is 1. The van der Waals surface area contributed by atoms with Gasteiger partial charge < -0.3 is 10.3 Å². The molecule has 1 aromatic carbocycles. The molecule has 16 heavy (non-hydrogen) atoms. The standard InChI is InChI=1S/C12H15N3O/c1-2-3-4-11-14-12(16-15-11)9-5-7-10(13)8-6-9/h5-8H,2-4,13H2,1H3. The van der Waals surface area contributed by atoms with Gasteiger partial charge in [0.25, 0.3) is 5.89 Å². The molecule has 2 aromatic rings. The number of rotatable bonds is 4. The highest BCUT2D eigenvalue weighted by atomic mass is 16.5. The molecular weight excluding hydrogens is 202 g/mol. The topological polar surface area (TPSA) is 64.9 Å². The Morgan fingerprint density at radius 1 is 1.25 bits per heavy atom. The molecule has 4 nitrogen and oxygen atoms in total. The highest BCUT2D eigenvalue weighted by Crippen LogP contribution is 2.18. The first-order valence-corrected chi connectivity index (χ1v) is 5.48. The molecule has 2 N–H and O–H groups in total. The Morgan fingerprint density at radius 2 is 2.00 bits per heavy atom. The van der Waals surface area contributed by atoms with Crippen molar-refractivity contribution in [2.45, 2.75) is 26.2 Å². The van der Waals surface area contributed by atoms with Gasteiger partial charge >= 0.3 is 0 Å². The van der Waals surface area contributed by atoms with Crippen LogP contribution in [0.15, 0.2) is 28.8 Å². The fraction of sp³-hybridized carbons (Fsp3) is 0.333. The number of hydrogen-bond acceptors (Lipinski definition) is 4. The van der Waals surface area contributed by atoms with E-state index in [4.69, 9.17) is 10.3 Å². The van der Waals surface area contributed by atoms with Crippen LogP contribution in [0.3, 0.4) is 0 Å². The molecule has 0 saturated carbocycles. The van der Waals surface area contributed by atoms with Crippen LogP contribution in [-0.2, 0) is 6.42 Å². The highest BCUT2D eigenvalue weighted by Gasteiger charge is 2.07. The molecule has 1 heterocycles. The van der Waals surface area contributed by atoms with Crippen LogP contribution in [0, 0.1) is 0 Å². The lowest BCUT2D eigenvalue weighted by atomic mass is 10.2. The van der Waals surface area contributed by atoms with Crippen LogP contribution in [-0.4, -0.2) is 10.1 Å². The highest BCUT2D eigenvalue weighted by molar-refractivity contribution is 5.56. The third-order valence-corrected chi connectivity index (χ3v) is 2.38. The van der Waals surface area contributed by atoms with Crippen molar-refractivity contribution in [3.05, 3.63) is 30.1 Å². The van der Waals surface area contributed by atoms with Gasteiger partial charge in [0.1, 0.15) is 0 Å². The molecule has 0 aliphatic rings. The molecule has 0 aliphatic heterocycles. The lowest BCUT2D eigenvalue weighted by Crippen LogP contribution is -1.87. The SMILES string of the molecule is CCCCc1noc(-c2ccc(N)cc2)n1. The molecule has 0 atom stereocenters. The summed E-state index contributed by atoms with van der Waals surface area (Å²) in [5.74, 6) is 1.33. The maximum atomic E-state index is 5.61. The van der Waals surface area contributed by atoms with Crippen LogP contribution in [0.4, 0.5) is 5.69 Å². The Kier molecular flexibility index (Phi) is 3.19. The fourth-order valence-electron chi connectivity index (χ4n) is 1.43. The second-order valence-corrected chi connectivity index (χ2v) is 3.74. The van der Waals surface area contributed by atoms with Gasteiger partial charge in [-0.15, -0.1) is 0 Å². The third-order valence-electron chi connectivity index (χ3n) is 2.38. The minimum Gasteiger partial charge on any atom is -0.399 e. The van der Waals surface area contributed by atoms with E-state index in [9.17, 15) is 0 Å². The summed E-state index contributed by atoms with van der Waals surface area (Å²) in [6, 6.07) is 7.41. The van der Waals surface area contributed by atoms with Gasteiger partial charge in [-0.25, -0.2) is 0 Å². The number of nitrogen functional groups attached to an aromatic ring is 1. The second kappa shape index (κ2) is 4.79. The van der Waals surface area contributed by atoms with Crippen LogP contribution in [0.25, 0.3) is 11.5 Å². The number of nitrogens with two attached hydrogens (primary N) is 1. The van der Waals surface area contributed by atoms with E-state index >= 15 is 0 Å². The number of unbranched alkanes of at least 4 members (excludes halogenated alkanes) is 1. The first-order chi connectivity index (χ1) is 7.79. The number of hydrogen-bond donors (Lipinski definition) is 1. The van der Waals surface area contributed by atoms with E-state index in [2.05, 4.69) is 17.1 Å². The maximum Gasteiger partial charge on any atom is 0.257 e. The molecule has 2 rings (SSSR count). The van der Waals surface area contributed by atoms with Gasteiger partial charge in [0.05, 0.1) is 0 Å². The van der Waals surface area contributed by atoms with Crippen LogP contribution >= 0.6 is 0 Å². The van der Waals surface area contributed by atoms with E-state index in [-0.39, 0.29) is 0 Å². The molecular formula is C12H15N3O. The van der Waals surface area contributed by atoms with Crippen molar-refractivity contribution >= 4 is 5.69 Å². The summed E-state index contributed by atoms with van der Waals surface area (Å²) in [4.78, 5) is 4.33. The van der Waals surface area contributed by atoms with Crippen molar-refractivity contribution in [2.24, 2.45) is 0 Å². The van der Waals surface area contributed by atoms with Crippen LogP contribution in [0.5, 0.6) is 0 Å². The lowest BCUT2D eigenvalue weighted by Gasteiger charge is -1.94. The normalized spacial score (nSPS) is 10.6. The Balaban J connectivity index is 2.15. The minimum absolute atomic E-state index is 0.561. The molecule has 0 radical (unpaired) electrons. The van der Waals surface area contributed by atoms with Gasteiger partial charge in [-0.05, 0) is 30.7 Å². The van der Waals surface area contributed by atoms with Crippen molar-refractivity contribution in [1.82, 2.24) is 10.1 Å². The zero-order valence-corrected chi connectivity index (χ0v) is 9.31. The first-order valence-electron chi connectivity index (χ1n) is 5.48. The van der Waals surface area contributed by atoms with E-state index in [0.717, 1.165) is 36.3 Å². The van der Waals surface area contributed by atoms with Crippen LogP contribution in [0.1, 0.15) is 25.6 Å². The van der Waals surface area contributed by atoms with E-state index in [1.165, 1.54) is 0 Å². The van der Waals surface area contributed by atoms with E-state index in [1.54, 1.807) is 0 Å². The van der Waals surface area contributed by atoms with Gasteiger partial charge in [-0.1, -0.05) is 18.5 Å². The zero-order chi connectivity index (χ0) is 11.4. The molecule has 0 spiro atoms. The monoisotopic (exact) mass is 217 g/mol. The average molecular weight is 217 g/mol. The summed E-state index contributed by atoms with van der Waals surface area (Å²) in [7, 11) is 0. The van der Waals surface area contributed by atoms with E-state index < -0.39 is 0 Å². The molecule has 0 unspecified atom stereocenters. The lowest BCUT2D eigenvalue weighted by molar-refractivity contribution is 0.421. The van der Waals surface area contributed by atoms with Crippen LogP contribution < -0.4 is 5.73 Å². The number of nitrogens with zero attached hydrogens (tertiary/aromatic N) is 2. The number of anilines is 1. The zero-order valence-electron chi connectivity index (χ0n) is 9.31. The van der Waals surface area contributed by atoms with Gasteiger partial charge in [-0.2, -0.15) is 4.98 Å². The molecule has 0 saturated heterocycles. The number of aromatic nitrogens is 2. The summed E-state index contributed by atoms with van der Waals surface area (Å²) in [6.45, 7) is 2.14. The van der Waals surface area contributed by atoms with Gasteiger partial charge in [-0.3, -0.25) is 0 Å². The minimum atomic E-state index is 0.561. The smallest absolute Gasteiger partial charge is 0.257 e. The summed E-state index contributed by atoms with van der Waals surface area (Å²) in [5, 5.41) is 3.94. The van der Waals surface area contributed by atoms with Crippen molar-refractivity contribution in [2.75, 3.05) is 5.73 Å². The van der Waals surface area contributed by atoms with E-state index in [0.29, 0.717) is 5.89 Å². The van der Waals surface area contributed by atoms with Gasteiger partial charge in [0.15, 0.2) is 5.82 Å². The summed E-state index contributed by atoms with van der Waals surface area (Å²) in [6.07, 6.45) is 3.08. The summed E-state index contributed by atoms with van der Waals surface area (Å²) in [5.41, 5.74) is 7.25. The number of benzene rings is 1. The quantitative estimate of drug-likeness (QED) is 0.799. The molecule has 4 heteroatoms.